The molecule has 6 nitrogen and oxygen atoms in total. The van der Waals surface area contributed by atoms with E-state index in [1.54, 1.807) is 6.92 Å². The molecule has 8 atom stereocenters. The largest absolute Gasteiger partial charge is 0.476 e. The van der Waals surface area contributed by atoms with Gasteiger partial charge in [-0.25, -0.2) is 13.6 Å². The Labute approximate surface area is 303 Å². The maximum atomic E-state index is 14.5. The summed E-state index contributed by atoms with van der Waals surface area (Å²) < 4.78 is 60.3. The second-order valence-electron chi connectivity index (χ2n) is 17.9. The molecule has 2 aliphatic carbocycles. The summed E-state index contributed by atoms with van der Waals surface area (Å²) in [4.78, 5) is 13.8. The first-order chi connectivity index (χ1) is 23.1. The molecule has 1 aliphatic heterocycles. The van der Waals surface area contributed by atoms with E-state index in [0.29, 0.717) is 13.0 Å². The first kappa shape index (κ1) is 40.9. The first-order valence-corrected chi connectivity index (χ1v) is 24.6. The molecule has 1 aromatic rings. The summed E-state index contributed by atoms with van der Waals surface area (Å²) in [6.07, 6.45) is 9.82. The Morgan fingerprint density at radius 2 is 1.64 bits per heavy atom. The van der Waals surface area contributed by atoms with Gasteiger partial charge in [0.05, 0.1) is 12.2 Å². The van der Waals surface area contributed by atoms with E-state index < -0.39 is 46.4 Å². The summed E-state index contributed by atoms with van der Waals surface area (Å²) >= 11 is 0. The second-order valence-corrected chi connectivity index (χ2v) is 27.4. The van der Waals surface area contributed by atoms with Crippen LogP contribution < -0.4 is 4.74 Å². The normalized spacial score (nSPS) is 28.4. The second kappa shape index (κ2) is 16.0. The molecule has 1 fully saturated rings. The number of esters is 1. The van der Waals surface area contributed by atoms with E-state index in [9.17, 15) is 13.6 Å². The number of halogens is 2. The molecule has 0 spiro atoms. The van der Waals surface area contributed by atoms with Gasteiger partial charge in [0.2, 0.25) is 0 Å². The molecule has 282 valence electrons. The fraction of sp³-hybridized carbons (Fsp3) is 0.725. The monoisotopic (exact) mass is 734 g/mol. The number of carbonyl (C=O) groups is 1. The summed E-state index contributed by atoms with van der Waals surface area (Å²) in [6.45, 7) is 27.4. The molecule has 1 heterocycles. The van der Waals surface area contributed by atoms with Gasteiger partial charge >= 0.3 is 5.97 Å². The minimum absolute atomic E-state index is 0.0144. The molecule has 0 radical (unpaired) electrons. The van der Waals surface area contributed by atoms with Crippen molar-refractivity contribution in [3.05, 3.63) is 53.6 Å². The number of benzene rings is 1. The van der Waals surface area contributed by atoms with Gasteiger partial charge in [-0.15, -0.1) is 0 Å². The van der Waals surface area contributed by atoms with Gasteiger partial charge in [0.15, 0.2) is 34.3 Å². The molecule has 1 unspecified atom stereocenters. The summed E-state index contributed by atoms with van der Waals surface area (Å²) in [5.41, 5.74) is 1.14. The van der Waals surface area contributed by atoms with Crippen LogP contribution in [0.2, 0.25) is 36.3 Å². The summed E-state index contributed by atoms with van der Waals surface area (Å²) in [5, 5.41) is 0.169. The third-order valence-electron chi connectivity index (χ3n) is 12.1. The maximum Gasteiger partial charge on any atom is 0.347 e. The van der Waals surface area contributed by atoms with Crippen LogP contribution in [0.25, 0.3) is 0 Å². The summed E-state index contributed by atoms with van der Waals surface area (Å²) in [5.74, 6) is -1.81. The van der Waals surface area contributed by atoms with E-state index in [0.717, 1.165) is 43.4 Å². The minimum Gasteiger partial charge on any atom is -0.476 e. The summed E-state index contributed by atoms with van der Waals surface area (Å²) in [7, 11) is -4.04. The number of allylic oxidation sites excluding steroid dienone is 2. The van der Waals surface area contributed by atoms with Crippen LogP contribution in [0.4, 0.5) is 8.78 Å². The zero-order chi connectivity index (χ0) is 37.2. The number of hydrogen-bond acceptors (Lipinski definition) is 6. The van der Waals surface area contributed by atoms with Crippen LogP contribution in [0.5, 0.6) is 5.75 Å². The number of ether oxygens (including phenoxy) is 3. The molecular formula is C40H64F2O6Si2. The Hall–Kier alpha value is -1.86. The van der Waals surface area contributed by atoms with E-state index >= 15 is 0 Å². The van der Waals surface area contributed by atoms with Crippen molar-refractivity contribution < 1.29 is 36.6 Å². The van der Waals surface area contributed by atoms with Crippen LogP contribution in [0, 0.1) is 29.4 Å². The predicted molar refractivity (Wildman–Crippen MR) is 201 cm³/mol. The molecular weight excluding hydrogens is 671 g/mol. The Morgan fingerprint density at radius 1 is 0.980 bits per heavy atom. The van der Waals surface area contributed by atoms with Gasteiger partial charge in [-0.05, 0) is 97.9 Å². The Bertz CT molecular complexity index is 1380. The van der Waals surface area contributed by atoms with Gasteiger partial charge in [-0.3, -0.25) is 0 Å². The van der Waals surface area contributed by atoms with Crippen LogP contribution in [0.3, 0.4) is 0 Å². The fourth-order valence-corrected chi connectivity index (χ4v) is 9.66. The lowest BCUT2D eigenvalue weighted by molar-refractivity contribution is -0.163. The van der Waals surface area contributed by atoms with Crippen LogP contribution >= 0.6 is 0 Å². The van der Waals surface area contributed by atoms with Gasteiger partial charge in [0, 0.05) is 31.1 Å². The van der Waals surface area contributed by atoms with Crippen LogP contribution in [-0.2, 0) is 23.1 Å². The van der Waals surface area contributed by atoms with Gasteiger partial charge in [-0.1, -0.05) is 73.6 Å². The Balaban J connectivity index is 1.56. The zero-order valence-electron chi connectivity index (χ0n) is 32.7. The third kappa shape index (κ3) is 9.97. The van der Waals surface area contributed by atoms with Crippen molar-refractivity contribution in [2.45, 2.75) is 161 Å². The SMILES string of the molecule is CCC(Oc1ccc(F)cc1F)C(=O)O[C@H]1C[C@H](O[Si](C)(C)C(C)(C)C)C=C2C=C[C@H](C)[C@H](CC[C@@H]3C[C@H](O[Si](C)(C)C(C)(C)C)CCO3)[C@H]21. The molecule has 0 N–H and O–H groups in total. The lowest BCUT2D eigenvalue weighted by Crippen LogP contribution is -2.49. The highest BCUT2D eigenvalue weighted by molar-refractivity contribution is 6.74. The lowest BCUT2D eigenvalue weighted by atomic mass is 9.66. The smallest absolute Gasteiger partial charge is 0.347 e. The number of carbonyl (C=O) groups excluding carboxylic acids is 1. The molecule has 0 bridgehead atoms. The molecule has 4 rings (SSSR count). The number of hydrogen-bond donors (Lipinski definition) is 0. The van der Waals surface area contributed by atoms with Crippen molar-refractivity contribution in [2.75, 3.05) is 6.61 Å². The van der Waals surface area contributed by atoms with Gasteiger partial charge in [-0.2, -0.15) is 0 Å². The highest BCUT2D eigenvalue weighted by atomic mass is 28.4. The van der Waals surface area contributed by atoms with E-state index in [1.807, 2.05) is 0 Å². The van der Waals surface area contributed by atoms with Crippen molar-refractivity contribution in [1.82, 2.24) is 0 Å². The van der Waals surface area contributed by atoms with E-state index in [4.69, 9.17) is 23.1 Å². The highest BCUT2D eigenvalue weighted by Gasteiger charge is 2.46. The first-order valence-electron chi connectivity index (χ1n) is 18.8. The molecule has 50 heavy (non-hydrogen) atoms. The average Bonchev–Trinajstić information content (AvgIpc) is 2.99. The van der Waals surface area contributed by atoms with Gasteiger partial charge in [0.25, 0.3) is 0 Å². The number of fused-ring (bicyclic) bond motifs is 1. The minimum atomic E-state index is -2.14. The van der Waals surface area contributed by atoms with Crippen LogP contribution in [0.15, 0.2) is 42.0 Å². The van der Waals surface area contributed by atoms with Crippen molar-refractivity contribution >= 4 is 22.6 Å². The molecule has 10 heteroatoms. The molecule has 0 amide bonds. The Morgan fingerprint density at radius 3 is 2.26 bits per heavy atom. The molecule has 0 saturated carbocycles. The van der Waals surface area contributed by atoms with Gasteiger partial charge in [0.1, 0.15) is 11.9 Å². The van der Waals surface area contributed by atoms with Crippen molar-refractivity contribution in [3.63, 3.8) is 0 Å². The van der Waals surface area contributed by atoms with Crippen molar-refractivity contribution in [2.24, 2.45) is 17.8 Å². The molecule has 0 aromatic heterocycles. The number of rotatable bonds is 12. The fourth-order valence-electron chi connectivity index (χ4n) is 6.98. The maximum absolute atomic E-state index is 14.5. The third-order valence-corrected chi connectivity index (χ3v) is 21.1. The standard InChI is InChI=1S/C40H64F2O6Si2/c1-13-34(45-35-19-16-28(41)23-33(35)42)38(43)46-36-25-31(48-50(11,12)40(6,7)8)22-27-15-14-26(2)32(37(27)36)18-17-29-24-30(20-21-44-29)47-49(9,10)39(3,4)5/h14-16,19,22-23,26,29-32,34,36-37H,13,17-18,20-21,24-25H2,1-12H3/t26-,29+,30+,31+,32-,34?,36-,37-/m0/s1. The quantitative estimate of drug-likeness (QED) is 0.157. The molecule has 1 saturated heterocycles. The molecule has 1 aromatic carbocycles. The van der Waals surface area contributed by atoms with Crippen LogP contribution in [-0.4, -0.2) is 59.7 Å². The van der Waals surface area contributed by atoms with Gasteiger partial charge < -0.3 is 23.1 Å². The molecule has 3 aliphatic rings. The predicted octanol–water partition coefficient (Wildman–Crippen LogP) is 10.5. The average molecular weight is 735 g/mol. The van der Waals surface area contributed by atoms with Crippen molar-refractivity contribution in [1.29, 1.82) is 0 Å². The van der Waals surface area contributed by atoms with E-state index in [2.05, 4.69) is 92.9 Å². The summed E-state index contributed by atoms with van der Waals surface area (Å²) in [6, 6.07) is 3.09. The van der Waals surface area contributed by atoms with E-state index in [-0.39, 0.29) is 58.3 Å². The highest BCUT2D eigenvalue weighted by Crippen LogP contribution is 2.47. The van der Waals surface area contributed by atoms with E-state index in [1.165, 1.54) is 6.07 Å². The van der Waals surface area contributed by atoms with Crippen molar-refractivity contribution in [3.8, 4) is 5.75 Å². The van der Waals surface area contributed by atoms with Crippen LogP contribution in [0.1, 0.15) is 93.9 Å². The Kier molecular flexibility index (Phi) is 13.1. The topological polar surface area (TPSA) is 63.2 Å². The zero-order valence-corrected chi connectivity index (χ0v) is 34.7. The lowest BCUT2D eigenvalue weighted by Gasteiger charge is -2.46.